The molecular weight excluding hydrogens is 218 g/mol. The van der Waals surface area contributed by atoms with E-state index in [1.54, 1.807) is 0 Å². The lowest BCUT2D eigenvalue weighted by Crippen LogP contribution is -2.60. The second-order valence-corrected chi connectivity index (χ2v) is 5.53. The highest BCUT2D eigenvalue weighted by atomic mass is 16.4. The first-order valence-corrected chi connectivity index (χ1v) is 6.44. The molecule has 0 spiro atoms. The zero-order valence-corrected chi connectivity index (χ0v) is 10.7. The molecule has 1 rings (SSSR count). The Bertz CT molecular complexity index is 295. The zero-order valence-electron chi connectivity index (χ0n) is 10.7. The van der Waals surface area contributed by atoms with E-state index >= 15 is 0 Å². The summed E-state index contributed by atoms with van der Waals surface area (Å²) >= 11 is 0. The van der Waals surface area contributed by atoms with Crippen molar-refractivity contribution in [3.63, 3.8) is 0 Å². The molecule has 1 saturated carbocycles. The third-order valence-electron chi connectivity index (χ3n) is 3.66. The maximum absolute atomic E-state index is 12.1. The number of hydrogen-bond donors (Lipinski definition) is 2. The Balaban J connectivity index is 2.87. The minimum absolute atomic E-state index is 0.147. The van der Waals surface area contributed by atoms with Crippen molar-refractivity contribution < 1.29 is 14.7 Å². The van der Waals surface area contributed by atoms with E-state index in [9.17, 15) is 14.7 Å². The van der Waals surface area contributed by atoms with E-state index in [0.717, 1.165) is 32.1 Å². The van der Waals surface area contributed by atoms with E-state index in [1.165, 1.54) is 0 Å². The van der Waals surface area contributed by atoms with Gasteiger partial charge in [-0.25, -0.2) is 4.79 Å². The Kier molecular flexibility index (Phi) is 4.69. The molecule has 0 amide bonds. The van der Waals surface area contributed by atoms with Gasteiger partial charge in [-0.2, -0.15) is 0 Å². The molecule has 98 valence electrons. The lowest BCUT2D eigenvalue weighted by atomic mass is 9.71. The molecule has 1 fully saturated rings. The lowest BCUT2D eigenvalue weighted by Gasteiger charge is -2.35. The number of carboxylic acid groups (broad SMARTS) is 1. The number of Topliss-reactive ketones (excluding diaryl/α,β-unsaturated/α-hetero) is 1. The van der Waals surface area contributed by atoms with Gasteiger partial charge in [-0.3, -0.25) is 4.79 Å². The summed E-state index contributed by atoms with van der Waals surface area (Å²) in [6.45, 7) is 3.81. The van der Waals surface area contributed by atoms with Crippen LogP contribution in [0.5, 0.6) is 0 Å². The average molecular weight is 241 g/mol. The predicted molar refractivity (Wildman–Crippen MR) is 65.6 cm³/mol. The summed E-state index contributed by atoms with van der Waals surface area (Å²) in [4.78, 5) is 23.5. The van der Waals surface area contributed by atoms with Crippen LogP contribution in [0, 0.1) is 11.8 Å². The molecule has 0 bridgehead atoms. The summed E-state index contributed by atoms with van der Waals surface area (Å²) in [6.07, 6.45) is 4.83. The number of rotatable bonds is 5. The van der Waals surface area contributed by atoms with E-state index in [2.05, 4.69) is 0 Å². The van der Waals surface area contributed by atoms with Crippen LogP contribution in [0.1, 0.15) is 52.4 Å². The van der Waals surface area contributed by atoms with Crippen molar-refractivity contribution in [2.75, 3.05) is 0 Å². The number of carboxylic acids is 1. The molecule has 1 atom stereocenters. The van der Waals surface area contributed by atoms with Gasteiger partial charge in [0.1, 0.15) is 0 Å². The molecule has 4 heteroatoms. The van der Waals surface area contributed by atoms with Crippen molar-refractivity contribution in [3.8, 4) is 0 Å². The molecule has 17 heavy (non-hydrogen) atoms. The molecule has 1 aliphatic carbocycles. The van der Waals surface area contributed by atoms with Crippen molar-refractivity contribution in [2.45, 2.75) is 57.9 Å². The summed E-state index contributed by atoms with van der Waals surface area (Å²) in [6, 6.07) is 0. The van der Waals surface area contributed by atoms with Crippen LogP contribution < -0.4 is 5.73 Å². The van der Waals surface area contributed by atoms with Crippen LogP contribution in [0.15, 0.2) is 0 Å². The van der Waals surface area contributed by atoms with Gasteiger partial charge < -0.3 is 10.8 Å². The number of aliphatic carboxylic acids is 1. The number of carbonyl (C=O) groups is 2. The van der Waals surface area contributed by atoms with Crippen molar-refractivity contribution >= 4 is 11.8 Å². The Morgan fingerprint density at radius 2 is 1.82 bits per heavy atom. The van der Waals surface area contributed by atoms with Crippen molar-refractivity contribution in [1.29, 1.82) is 0 Å². The van der Waals surface area contributed by atoms with E-state index in [1.807, 2.05) is 13.8 Å². The number of hydrogen-bond acceptors (Lipinski definition) is 3. The Morgan fingerprint density at radius 1 is 1.29 bits per heavy atom. The number of nitrogens with two attached hydrogens (primary N) is 1. The largest absolute Gasteiger partial charge is 0.480 e. The van der Waals surface area contributed by atoms with Gasteiger partial charge in [-0.05, 0) is 24.7 Å². The first kappa shape index (κ1) is 14.2. The van der Waals surface area contributed by atoms with Gasteiger partial charge in [0.25, 0.3) is 0 Å². The van der Waals surface area contributed by atoms with Crippen molar-refractivity contribution in [2.24, 2.45) is 17.6 Å². The van der Waals surface area contributed by atoms with Gasteiger partial charge in [0.05, 0.1) is 0 Å². The average Bonchev–Trinajstić information content (AvgIpc) is 2.27. The van der Waals surface area contributed by atoms with Gasteiger partial charge in [0, 0.05) is 6.42 Å². The first-order valence-electron chi connectivity index (χ1n) is 6.44. The zero-order chi connectivity index (χ0) is 13.1. The molecule has 0 aromatic carbocycles. The second-order valence-electron chi connectivity index (χ2n) is 5.53. The molecule has 3 N–H and O–H groups in total. The Hall–Kier alpha value is -0.900. The Labute approximate surface area is 103 Å². The molecule has 0 aromatic rings. The SMILES string of the molecule is CC(C)CC(=O)C(N)(C(=O)O)C1CCCCC1. The van der Waals surface area contributed by atoms with Gasteiger partial charge in [0.15, 0.2) is 11.3 Å². The minimum Gasteiger partial charge on any atom is -0.480 e. The monoisotopic (exact) mass is 241 g/mol. The molecule has 0 heterocycles. The second kappa shape index (κ2) is 5.63. The first-order chi connectivity index (χ1) is 7.89. The molecule has 4 nitrogen and oxygen atoms in total. The maximum Gasteiger partial charge on any atom is 0.331 e. The third kappa shape index (κ3) is 3.06. The lowest BCUT2D eigenvalue weighted by molar-refractivity contribution is -0.152. The fraction of sp³-hybridized carbons (Fsp3) is 0.846. The predicted octanol–water partition coefficient (Wildman–Crippen LogP) is 1.96. The van der Waals surface area contributed by atoms with Crippen molar-refractivity contribution in [1.82, 2.24) is 0 Å². The van der Waals surface area contributed by atoms with Crippen LogP contribution in [-0.2, 0) is 9.59 Å². The number of carbonyl (C=O) groups excluding carboxylic acids is 1. The standard InChI is InChI=1S/C13H23NO3/c1-9(2)8-11(15)13(14,12(16)17)10-6-4-3-5-7-10/h9-10H,3-8,14H2,1-2H3,(H,16,17). The molecule has 0 aromatic heterocycles. The topological polar surface area (TPSA) is 80.4 Å². The summed E-state index contributed by atoms with van der Waals surface area (Å²) < 4.78 is 0. The summed E-state index contributed by atoms with van der Waals surface area (Å²) in [5.41, 5.74) is 4.30. The quantitative estimate of drug-likeness (QED) is 0.721. The normalized spacial score (nSPS) is 21.2. The molecule has 1 unspecified atom stereocenters. The molecule has 0 saturated heterocycles. The highest BCUT2D eigenvalue weighted by Gasteiger charge is 2.48. The van der Waals surface area contributed by atoms with Crippen LogP contribution in [0.25, 0.3) is 0 Å². The third-order valence-corrected chi connectivity index (χ3v) is 3.66. The fourth-order valence-electron chi connectivity index (χ4n) is 2.62. The maximum atomic E-state index is 12.1. The van der Waals surface area contributed by atoms with Crippen LogP contribution in [0.2, 0.25) is 0 Å². The molecule has 0 radical (unpaired) electrons. The Morgan fingerprint density at radius 3 is 2.24 bits per heavy atom. The van der Waals surface area contributed by atoms with Gasteiger partial charge in [0.2, 0.25) is 0 Å². The number of ketones is 1. The summed E-state index contributed by atoms with van der Waals surface area (Å²) in [5, 5.41) is 9.32. The van der Waals surface area contributed by atoms with Crippen LogP contribution >= 0.6 is 0 Å². The van der Waals surface area contributed by atoms with Crippen LogP contribution in [0.4, 0.5) is 0 Å². The van der Waals surface area contributed by atoms with E-state index < -0.39 is 11.5 Å². The van der Waals surface area contributed by atoms with E-state index in [-0.39, 0.29) is 24.0 Å². The van der Waals surface area contributed by atoms with Crippen LogP contribution in [-0.4, -0.2) is 22.4 Å². The smallest absolute Gasteiger partial charge is 0.331 e. The summed E-state index contributed by atoms with van der Waals surface area (Å²) in [5.74, 6) is -1.52. The van der Waals surface area contributed by atoms with E-state index in [4.69, 9.17) is 5.73 Å². The fourth-order valence-corrected chi connectivity index (χ4v) is 2.62. The van der Waals surface area contributed by atoms with Crippen molar-refractivity contribution in [3.05, 3.63) is 0 Å². The highest BCUT2D eigenvalue weighted by Crippen LogP contribution is 2.33. The molecule has 0 aliphatic heterocycles. The van der Waals surface area contributed by atoms with Gasteiger partial charge in [-0.15, -0.1) is 0 Å². The van der Waals surface area contributed by atoms with Gasteiger partial charge in [-0.1, -0.05) is 33.1 Å². The van der Waals surface area contributed by atoms with E-state index in [0.29, 0.717) is 0 Å². The van der Waals surface area contributed by atoms with Crippen LogP contribution in [0.3, 0.4) is 0 Å². The highest BCUT2D eigenvalue weighted by molar-refractivity contribution is 6.08. The molecular formula is C13H23NO3. The molecule has 1 aliphatic rings. The minimum atomic E-state index is -1.66. The van der Waals surface area contributed by atoms with Gasteiger partial charge >= 0.3 is 5.97 Å². The summed E-state index contributed by atoms with van der Waals surface area (Å²) in [7, 11) is 0.